The number of allylic oxidation sites excluding steroid dienone is 2. The molecule has 0 spiro atoms. The minimum Gasteiger partial charge on any atom is -0.497 e. The molecule has 1 aromatic carbocycles. The van der Waals surface area contributed by atoms with Crippen LogP contribution >= 0.6 is 0 Å². The Kier molecular flexibility index (Phi) is 3.15. The van der Waals surface area contributed by atoms with Crippen LogP contribution in [0.2, 0.25) is 0 Å². The summed E-state index contributed by atoms with van der Waals surface area (Å²) >= 11 is 0. The lowest BCUT2D eigenvalue weighted by atomic mass is 9.96. The summed E-state index contributed by atoms with van der Waals surface area (Å²) in [5, 5.41) is 0. The molecule has 2 nitrogen and oxygen atoms in total. The molecule has 0 saturated heterocycles. The maximum Gasteiger partial charge on any atom is 0.375 e. The highest BCUT2D eigenvalue weighted by Crippen LogP contribution is 2.56. The summed E-state index contributed by atoms with van der Waals surface area (Å²) in [6.45, 7) is -0.432. The van der Waals surface area contributed by atoms with Crippen LogP contribution in [0.5, 0.6) is 5.75 Å². The second-order valence-corrected chi connectivity index (χ2v) is 3.93. The SMILES string of the molecule is COc1ccc(COC2=C(F)C(F)(F)C2(F)F)cc1. The molecule has 2 rings (SSSR count). The van der Waals surface area contributed by atoms with Crippen LogP contribution in [0.4, 0.5) is 22.0 Å². The summed E-state index contributed by atoms with van der Waals surface area (Å²) in [6.07, 6.45) is 0. The topological polar surface area (TPSA) is 18.5 Å². The first-order valence-corrected chi connectivity index (χ1v) is 5.23. The molecular formula is C12H9F5O2. The van der Waals surface area contributed by atoms with Gasteiger partial charge in [0.2, 0.25) is 11.6 Å². The molecule has 0 unspecified atom stereocenters. The van der Waals surface area contributed by atoms with Crippen molar-refractivity contribution in [3.63, 3.8) is 0 Å². The summed E-state index contributed by atoms with van der Waals surface area (Å²) in [5.74, 6) is -12.7. The van der Waals surface area contributed by atoms with Crippen LogP contribution in [0.25, 0.3) is 0 Å². The number of hydrogen-bond donors (Lipinski definition) is 0. The molecule has 7 heteroatoms. The van der Waals surface area contributed by atoms with Crippen molar-refractivity contribution in [2.75, 3.05) is 7.11 Å². The minimum atomic E-state index is -4.78. The maximum absolute atomic E-state index is 12.9. The third-order valence-electron chi connectivity index (χ3n) is 2.70. The zero-order valence-corrected chi connectivity index (χ0v) is 9.72. The third kappa shape index (κ3) is 2.02. The van der Waals surface area contributed by atoms with Crippen LogP contribution < -0.4 is 4.74 Å². The summed E-state index contributed by atoms with van der Waals surface area (Å²) in [4.78, 5) is 0. The Morgan fingerprint density at radius 1 is 1.00 bits per heavy atom. The highest BCUT2D eigenvalue weighted by molar-refractivity contribution is 5.36. The zero-order chi connectivity index (χ0) is 14.3. The predicted octanol–water partition coefficient (Wildman–Crippen LogP) is 3.68. The molecule has 1 aromatic rings. The van der Waals surface area contributed by atoms with Crippen LogP contribution in [0, 0.1) is 0 Å². The predicted molar refractivity (Wildman–Crippen MR) is 55.8 cm³/mol. The Labute approximate surface area is 105 Å². The van der Waals surface area contributed by atoms with E-state index in [0.29, 0.717) is 11.3 Å². The van der Waals surface area contributed by atoms with Gasteiger partial charge in [-0.2, -0.15) is 17.6 Å². The molecule has 0 saturated carbocycles. The van der Waals surface area contributed by atoms with E-state index in [1.165, 1.54) is 31.4 Å². The van der Waals surface area contributed by atoms with Crippen LogP contribution in [0.15, 0.2) is 35.9 Å². The number of methoxy groups -OCH3 is 1. The van der Waals surface area contributed by atoms with Gasteiger partial charge >= 0.3 is 11.8 Å². The van der Waals surface area contributed by atoms with Gasteiger partial charge in [-0.1, -0.05) is 12.1 Å². The van der Waals surface area contributed by atoms with Crippen molar-refractivity contribution in [2.24, 2.45) is 0 Å². The van der Waals surface area contributed by atoms with Gasteiger partial charge in [0.15, 0.2) is 0 Å². The molecule has 0 amide bonds. The van der Waals surface area contributed by atoms with Crippen molar-refractivity contribution in [1.82, 2.24) is 0 Å². The molecule has 1 aliphatic carbocycles. The van der Waals surface area contributed by atoms with Gasteiger partial charge in [-0.25, -0.2) is 4.39 Å². The molecule has 0 aliphatic heterocycles. The van der Waals surface area contributed by atoms with E-state index in [2.05, 4.69) is 4.74 Å². The molecule has 0 fully saturated rings. The van der Waals surface area contributed by atoms with Crippen LogP contribution in [-0.2, 0) is 11.3 Å². The lowest BCUT2D eigenvalue weighted by Gasteiger charge is -2.35. The van der Waals surface area contributed by atoms with Crippen LogP contribution in [-0.4, -0.2) is 19.0 Å². The lowest BCUT2D eigenvalue weighted by Crippen LogP contribution is -2.53. The van der Waals surface area contributed by atoms with Crippen LogP contribution in [0.1, 0.15) is 5.56 Å². The molecule has 0 aromatic heterocycles. The molecule has 0 heterocycles. The second kappa shape index (κ2) is 4.40. The van der Waals surface area contributed by atoms with Gasteiger partial charge in [0.05, 0.1) is 7.11 Å². The van der Waals surface area contributed by atoms with E-state index >= 15 is 0 Å². The van der Waals surface area contributed by atoms with Gasteiger partial charge in [-0.3, -0.25) is 0 Å². The summed E-state index contributed by atoms with van der Waals surface area (Å²) < 4.78 is 72.8. The molecule has 19 heavy (non-hydrogen) atoms. The van der Waals surface area contributed by atoms with Crippen molar-refractivity contribution in [2.45, 2.75) is 18.5 Å². The monoisotopic (exact) mass is 280 g/mol. The summed E-state index contributed by atoms with van der Waals surface area (Å²) in [7, 11) is 1.45. The fourth-order valence-corrected chi connectivity index (χ4v) is 1.53. The molecular weight excluding hydrogens is 271 g/mol. The van der Waals surface area contributed by atoms with E-state index < -0.39 is 30.0 Å². The molecule has 0 N–H and O–H groups in total. The smallest absolute Gasteiger partial charge is 0.375 e. The average molecular weight is 280 g/mol. The van der Waals surface area contributed by atoms with E-state index in [1.54, 1.807) is 0 Å². The van der Waals surface area contributed by atoms with Gasteiger partial charge in [0.1, 0.15) is 12.4 Å². The van der Waals surface area contributed by atoms with Crippen molar-refractivity contribution >= 4 is 0 Å². The molecule has 104 valence electrons. The van der Waals surface area contributed by atoms with E-state index in [4.69, 9.17) is 4.74 Å². The van der Waals surface area contributed by atoms with Crippen molar-refractivity contribution < 1.29 is 31.4 Å². The third-order valence-corrected chi connectivity index (χ3v) is 2.70. The van der Waals surface area contributed by atoms with Crippen LogP contribution in [0.3, 0.4) is 0 Å². The number of alkyl halides is 4. The first-order chi connectivity index (χ1) is 8.80. The van der Waals surface area contributed by atoms with Gasteiger partial charge in [-0.15, -0.1) is 0 Å². The highest BCUT2D eigenvalue weighted by Gasteiger charge is 2.74. The lowest BCUT2D eigenvalue weighted by molar-refractivity contribution is -0.233. The number of ether oxygens (including phenoxy) is 2. The van der Waals surface area contributed by atoms with E-state index in [1.807, 2.05) is 0 Å². The Balaban J connectivity index is 2.05. The van der Waals surface area contributed by atoms with E-state index in [-0.39, 0.29) is 0 Å². The second-order valence-electron chi connectivity index (χ2n) is 3.93. The first-order valence-electron chi connectivity index (χ1n) is 5.23. The normalized spacial score (nSPS) is 19.9. The Morgan fingerprint density at radius 3 is 2.05 bits per heavy atom. The highest BCUT2D eigenvalue weighted by atomic mass is 19.3. The standard InChI is InChI=1S/C12H9F5O2/c1-18-8-4-2-7(3-5-8)6-19-10-9(13)11(14,15)12(10,16)17/h2-5H,6H2,1H3. The number of hydrogen-bond acceptors (Lipinski definition) is 2. The van der Waals surface area contributed by atoms with E-state index in [0.717, 1.165) is 0 Å². The summed E-state index contributed by atoms with van der Waals surface area (Å²) in [6, 6.07) is 6.06. The fraction of sp³-hybridized carbons (Fsp3) is 0.333. The van der Waals surface area contributed by atoms with E-state index in [9.17, 15) is 22.0 Å². The Hall–Kier alpha value is -1.79. The molecule has 0 atom stereocenters. The van der Waals surface area contributed by atoms with Crippen molar-refractivity contribution in [3.8, 4) is 5.75 Å². The number of halogens is 5. The summed E-state index contributed by atoms with van der Waals surface area (Å²) in [5.41, 5.74) is 0.423. The minimum absolute atomic E-state index is 0.423. The number of rotatable bonds is 4. The van der Waals surface area contributed by atoms with Gasteiger partial charge in [-0.05, 0) is 17.7 Å². The molecule has 1 aliphatic rings. The first kappa shape index (κ1) is 13.6. The fourth-order valence-electron chi connectivity index (χ4n) is 1.53. The Morgan fingerprint density at radius 2 is 1.58 bits per heavy atom. The Bertz CT molecular complexity index is 507. The number of benzene rings is 1. The quantitative estimate of drug-likeness (QED) is 0.783. The molecule has 0 bridgehead atoms. The average Bonchev–Trinajstić information content (AvgIpc) is 2.39. The van der Waals surface area contributed by atoms with Crippen molar-refractivity contribution in [3.05, 3.63) is 41.4 Å². The largest absolute Gasteiger partial charge is 0.497 e. The molecule has 0 radical (unpaired) electrons. The van der Waals surface area contributed by atoms with Gasteiger partial charge in [0, 0.05) is 0 Å². The van der Waals surface area contributed by atoms with Gasteiger partial charge < -0.3 is 9.47 Å². The maximum atomic E-state index is 12.9. The van der Waals surface area contributed by atoms with Gasteiger partial charge in [0.25, 0.3) is 0 Å². The van der Waals surface area contributed by atoms with Crippen molar-refractivity contribution in [1.29, 1.82) is 0 Å². The zero-order valence-electron chi connectivity index (χ0n) is 9.72.